The zero-order valence-electron chi connectivity index (χ0n) is 18.7. The van der Waals surface area contributed by atoms with Gasteiger partial charge in [0.1, 0.15) is 6.54 Å². The van der Waals surface area contributed by atoms with Gasteiger partial charge in [-0.1, -0.05) is 55.1 Å². The Morgan fingerprint density at radius 1 is 1.00 bits per heavy atom. The zero-order valence-corrected chi connectivity index (χ0v) is 23.4. The first-order chi connectivity index (χ1) is 17.5. The number of hydrogen-bond donors (Lipinski definition) is 0. The highest BCUT2D eigenvalue weighted by atomic mass is 79.9. The molecule has 2 aliphatic carbocycles. The van der Waals surface area contributed by atoms with Gasteiger partial charge in [0.15, 0.2) is 5.78 Å². The molecule has 3 fully saturated rings. The van der Waals surface area contributed by atoms with Crippen molar-refractivity contribution in [2.75, 3.05) is 6.54 Å². The van der Waals surface area contributed by atoms with E-state index in [0.29, 0.717) is 11.4 Å². The third-order valence-electron chi connectivity index (χ3n) is 7.29. The van der Waals surface area contributed by atoms with E-state index in [4.69, 9.17) is 23.2 Å². The molecule has 0 radical (unpaired) electrons. The van der Waals surface area contributed by atoms with E-state index in [9.17, 15) is 29.3 Å². The Labute approximate surface area is 237 Å². The lowest BCUT2D eigenvalue weighted by atomic mass is 9.81. The van der Waals surface area contributed by atoms with Gasteiger partial charge in [0.25, 0.3) is 23.4 Å². The van der Waals surface area contributed by atoms with Crippen molar-refractivity contribution in [1.82, 2.24) is 10.0 Å². The van der Waals surface area contributed by atoms with Gasteiger partial charge in [0, 0.05) is 37.9 Å². The number of Topliss-reactive ketones (excluding diaryl/α,β-unsaturated/α-hetero) is 1. The molecule has 37 heavy (non-hydrogen) atoms. The van der Waals surface area contributed by atoms with Crippen molar-refractivity contribution in [1.29, 1.82) is 0 Å². The van der Waals surface area contributed by atoms with E-state index in [0.717, 1.165) is 22.2 Å². The van der Waals surface area contributed by atoms with Crippen molar-refractivity contribution >= 4 is 84.3 Å². The summed E-state index contributed by atoms with van der Waals surface area (Å²) in [5, 5.41) is 13.0. The van der Waals surface area contributed by atoms with Crippen LogP contribution in [0.5, 0.6) is 0 Å². The van der Waals surface area contributed by atoms with Gasteiger partial charge in [-0.2, -0.15) is 5.01 Å². The number of carbonyl (C=O) groups excluding carboxylic acids is 4. The van der Waals surface area contributed by atoms with Gasteiger partial charge in [-0.25, -0.2) is 5.01 Å². The van der Waals surface area contributed by atoms with Crippen LogP contribution in [0.15, 0.2) is 42.5 Å². The molecule has 3 amide bonds. The summed E-state index contributed by atoms with van der Waals surface area (Å²) in [4.78, 5) is 64.5. The van der Waals surface area contributed by atoms with Crippen molar-refractivity contribution in [3.05, 3.63) is 73.8 Å². The van der Waals surface area contributed by atoms with Crippen molar-refractivity contribution in [3.8, 4) is 0 Å². The summed E-state index contributed by atoms with van der Waals surface area (Å²) in [6, 6.07) is 8.93. The quantitative estimate of drug-likeness (QED) is 0.141. The van der Waals surface area contributed by atoms with E-state index in [-0.39, 0.29) is 43.3 Å². The SMILES string of the molecule is O=C(CN(C(=O)c1ccc([N+](=O)[O-])cc1)N1C(=O)[C@@H]2[C@H]3C[C@@H]([C@H](Br)[C@H]3Br)[C@H]2C1=O)c1ccc(Cl)cc1Cl. The van der Waals surface area contributed by atoms with Gasteiger partial charge in [0.2, 0.25) is 0 Å². The minimum absolute atomic E-state index is 0.0104. The fourth-order valence-corrected chi connectivity index (χ4v) is 8.00. The lowest BCUT2D eigenvalue weighted by molar-refractivity contribution is -0.384. The first-order valence-electron chi connectivity index (χ1n) is 11.2. The molecule has 1 heterocycles. The van der Waals surface area contributed by atoms with Crippen LogP contribution in [0.3, 0.4) is 0 Å². The number of carbonyl (C=O) groups is 4. The maximum Gasteiger partial charge on any atom is 0.273 e. The second-order valence-corrected chi connectivity index (χ2v) is 12.2. The highest BCUT2D eigenvalue weighted by Crippen LogP contribution is 2.60. The lowest BCUT2D eigenvalue weighted by Gasteiger charge is -2.31. The van der Waals surface area contributed by atoms with Gasteiger partial charge in [-0.15, -0.1) is 0 Å². The highest BCUT2D eigenvalue weighted by molar-refractivity contribution is 9.12. The summed E-state index contributed by atoms with van der Waals surface area (Å²) in [5.74, 6) is -3.96. The Hall–Kier alpha value is -2.34. The normalized spacial score (nSPS) is 27.9. The minimum atomic E-state index is -0.826. The predicted molar refractivity (Wildman–Crippen MR) is 141 cm³/mol. The molecule has 0 aromatic heterocycles. The zero-order chi connectivity index (χ0) is 26.8. The van der Waals surface area contributed by atoms with Crippen molar-refractivity contribution < 1.29 is 24.1 Å². The summed E-state index contributed by atoms with van der Waals surface area (Å²) in [6.07, 6.45) is 0.697. The molecule has 2 bridgehead atoms. The number of benzene rings is 2. The van der Waals surface area contributed by atoms with Crippen LogP contribution in [-0.4, -0.2) is 54.6 Å². The first kappa shape index (κ1) is 26.3. The Kier molecular flexibility index (Phi) is 6.93. The van der Waals surface area contributed by atoms with Crippen molar-refractivity contribution in [3.63, 3.8) is 0 Å². The Morgan fingerprint density at radius 3 is 2.08 bits per heavy atom. The number of nitro benzene ring substituents is 1. The van der Waals surface area contributed by atoms with E-state index in [2.05, 4.69) is 31.9 Å². The number of hydrazine groups is 1. The topological polar surface area (TPSA) is 118 Å². The van der Waals surface area contributed by atoms with Crippen LogP contribution in [0.1, 0.15) is 27.1 Å². The smallest absolute Gasteiger partial charge is 0.273 e. The molecule has 0 N–H and O–H groups in total. The molecule has 9 nitrogen and oxygen atoms in total. The van der Waals surface area contributed by atoms with Crippen LogP contribution in [0, 0.1) is 33.8 Å². The minimum Gasteiger partial charge on any atom is -0.292 e. The van der Waals surface area contributed by atoms with Crippen LogP contribution in [-0.2, 0) is 9.59 Å². The Balaban J connectivity index is 1.52. The fourth-order valence-electron chi connectivity index (χ4n) is 5.62. The highest BCUT2D eigenvalue weighted by Gasteiger charge is 2.67. The van der Waals surface area contributed by atoms with Crippen LogP contribution in [0.2, 0.25) is 10.0 Å². The molecule has 2 aromatic carbocycles. The summed E-state index contributed by atoms with van der Waals surface area (Å²) < 4.78 is 0. The van der Waals surface area contributed by atoms with Crippen molar-refractivity contribution in [2.24, 2.45) is 23.7 Å². The molecule has 2 aromatic rings. The number of rotatable bonds is 6. The van der Waals surface area contributed by atoms with Crippen LogP contribution in [0.25, 0.3) is 0 Å². The van der Waals surface area contributed by atoms with Gasteiger partial charge in [0.05, 0.1) is 21.8 Å². The molecule has 3 aliphatic rings. The van der Waals surface area contributed by atoms with Crippen molar-refractivity contribution in [2.45, 2.75) is 16.1 Å². The molecule has 1 aliphatic heterocycles. The maximum atomic E-state index is 13.6. The summed E-state index contributed by atoms with van der Waals surface area (Å²) >= 11 is 19.4. The number of alkyl halides is 2. The van der Waals surface area contributed by atoms with E-state index in [1.807, 2.05) is 0 Å². The number of fused-ring (bicyclic) bond motifs is 5. The molecular formula is C24H17Br2Cl2N3O6. The summed E-state index contributed by atoms with van der Waals surface area (Å²) in [5.41, 5.74) is -0.204. The Bertz CT molecular complexity index is 1320. The molecule has 0 unspecified atom stereocenters. The van der Waals surface area contributed by atoms with Crippen LogP contribution in [0.4, 0.5) is 5.69 Å². The van der Waals surface area contributed by atoms with Crippen LogP contribution >= 0.6 is 55.1 Å². The largest absolute Gasteiger partial charge is 0.292 e. The number of amides is 3. The molecule has 1 saturated heterocycles. The molecule has 2 saturated carbocycles. The molecule has 192 valence electrons. The van der Waals surface area contributed by atoms with Gasteiger partial charge >= 0.3 is 0 Å². The van der Waals surface area contributed by atoms with Crippen LogP contribution < -0.4 is 0 Å². The average Bonchev–Trinajstić information content (AvgIpc) is 3.47. The molecule has 5 rings (SSSR count). The van der Waals surface area contributed by atoms with Gasteiger partial charge in [-0.3, -0.25) is 29.3 Å². The van der Waals surface area contributed by atoms with E-state index in [1.54, 1.807) is 0 Å². The predicted octanol–water partition coefficient (Wildman–Crippen LogP) is 4.92. The fraction of sp³-hybridized carbons (Fsp3) is 0.333. The second kappa shape index (κ2) is 9.76. The number of non-ortho nitro benzene ring substituents is 1. The number of imide groups is 1. The summed E-state index contributed by atoms with van der Waals surface area (Å²) in [6.45, 7) is -0.654. The summed E-state index contributed by atoms with van der Waals surface area (Å²) in [7, 11) is 0. The first-order valence-corrected chi connectivity index (χ1v) is 13.8. The second-order valence-electron chi connectivity index (χ2n) is 9.21. The van der Waals surface area contributed by atoms with E-state index >= 15 is 0 Å². The van der Waals surface area contributed by atoms with E-state index in [1.165, 1.54) is 30.3 Å². The number of halogens is 4. The molecule has 13 heteroatoms. The number of nitrogens with zero attached hydrogens (tertiary/aromatic N) is 3. The van der Waals surface area contributed by atoms with Gasteiger partial charge < -0.3 is 0 Å². The maximum absolute atomic E-state index is 13.6. The van der Waals surface area contributed by atoms with E-state index < -0.39 is 46.8 Å². The Morgan fingerprint density at radius 2 is 1.57 bits per heavy atom. The standard InChI is InChI=1S/C24H17Br2Cl2N3O6/c25-20-14-8-15(21(20)26)19-18(14)23(34)30(24(19)35)29(9-17(32)13-6-3-11(27)7-16(13)28)22(33)10-1-4-12(5-2-10)31(36)37/h1-7,14-15,18-21H,8-9H2/t14-,15-,18-,19-,20+,21+/m1/s1. The lowest BCUT2D eigenvalue weighted by Crippen LogP contribution is -2.52. The molecular weight excluding hydrogens is 657 g/mol. The third-order valence-corrected chi connectivity index (χ3v) is 11.0. The molecule has 6 atom stereocenters. The number of hydrogen-bond acceptors (Lipinski definition) is 6. The number of ketones is 1. The molecule has 0 spiro atoms. The monoisotopic (exact) mass is 671 g/mol. The van der Waals surface area contributed by atoms with Gasteiger partial charge in [-0.05, 0) is 48.6 Å². The number of nitro groups is 1. The third kappa shape index (κ3) is 4.29. The average molecular weight is 674 g/mol.